The molecule has 1 aliphatic rings. The molecule has 21 heavy (non-hydrogen) atoms. The minimum absolute atomic E-state index is 0.425. The van der Waals surface area contributed by atoms with E-state index < -0.39 is 6.10 Å². The van der Waals surface area contributed by atoms with Gasteiger partial charge in [0.25, 0.3) is 0 Å². The average molecular weight is 412 g/mol. The lowest BCUT2D eigenvalue weighted by Crippen LogP contribution is -2.15. The SMILES string of the molecule is OC(Cc1ccccc1Br)Cc1cc(Br)cc2c1OCC2. The van der Waals surface area contributed by atoms with E-state index in [1.165, 1.54) is 5.56 Å². The molecule has 110 valence electrons. The van der Waals surface area contributed by atoms with Gasteiger partial charge in [0.05, 0.1) is 12.7 Å². The molecule has 1 aliphatic heterocycles. The summed E-state index contributed by atoms with van der Waals surface area (Å²) in [5, 5.41) is 10.4. The summed E-state index contributed by atoms with van der Waals surface area (Å²) in [5.74, 6) is 0.962. The molecular formula is C17H16Br2O2. The van der Waals surface area contributed by atoms with Crippen molar-refractivity contribution in [2.24, 2.45) is 0 Å². The summed E-state index contributed by atoms with van der Waals surface area (Å²) in [4.78, 5) is 0. The van der Waals surface area contributed by atoms with Gasteiger partial charge in [-0.25, -0.2) is 0 Å². The first kappa shape index (κ1) is 15.1. The summed E-state index contributed by atoms with van der Waals surface area (Å²) < 4.78 is 7.81. The summed E-state index contributed by atoms with van der Waals surface area (Å²) in [6, 6.07) is 12.2. The third-order valence-electron chi connectivity index (χ3n) is 3.69. The standard InChI is InChI=1S/C17H16Br2O2/c18-14-7-12-5-6-21-17(12)13(8-14)10-15(20)9-11-3-1-2-4-16(11)19/h1-4,7-8,15,20H,5-6,9-10H2. The lowest BCUT2D eigenvalue weighted by atomic mass is 9.99. The molecule has 0 radical (unpaired) electrons. The van der Waals surface area contributed by atoms with Gasteiger partial charge in [-0.3, -0.25) is 0 Å². The van der Waals surface area contributed by atoms with Crippen LogP contribution in [-0.4, -0.2) is 17.8 Å². The van der Waals surface area contributed by atoms with Crippen molar-refractivity contribution in [2.45, 2.75) is 25.4 Å². The van der Waals surface area contributed by atoms with Crippen molar-refractivity contribution in [1.29, 1.82) is 0 Å². The number of ether oxygens (including phenoxy) is 1. The van der Waals surface area contributed by atoms with E-state index in [2.05, 4.69) is 37.9 Å². The Morgan fingerprint density at radius 1 is 1.10 bits per heavy atom. The first-order valence-corrected chi connectivity index (χ1v) is 8.57. The second-order valence-electron chi connectivity index (χ2n) is 5.31. The van der Waals surface area contributed by atoms with Gasteiger partial charge in [0.2, 0.25) is 0 Å². The topological polar surface area (TPSA) is 29.5 Å². The average Bonchev–Trinajstić information content (AvgIpc) is 2.89. The number of benzene rings is 2. The maximum atomic E-state index is 10.4. The Morgan fingerprint density at radius 2 is 1.86 bits per heavy atom. The molecule has 0 fully saturated rings. The third kappa shape index (κ3) is 3.50. The normalized spacial score (nSPS) is 14.6. The van der Waals surface area contributed by atoms with Crippen LogP contribution in [0.25, 0.3) is 0 Å². The van der Waals surface area contributed by atoms with Gasteiger partial charge in [0.1, 0.15) is 5.75 Å². The molecule has 0 aliphatic carbocycles. The van der Waals surface area contributed by atoms with Crippen LogP contribution < -0.4 is 4.74 Å². The molecule has 0 saturated heterocycles. The molecule has 0 saturated carbocycles. The summed E-state index contributed by atoms with van der Waals surface area (Å²) in [7, 11) is 0. The van der Waals surface area contributed by atoms with Gasteiger partial charge in [-0.2, -0.15) is 0 Å². The Labute approximate surface area is 141 Å². The number of hydrogen-bond donors (Lipinski definition) is 1. The van der Waals surface area contributed by atoms with Gasteiger partial charge in [0.15, 0.2) is 0 Å². The van der Waals surface area contributed by atoms with Crippen LogP contribution in [-0.2, 0) is 19.3 Å². The van der Waals surface area contributed by atoms with Crippen molar-refractivity contribution in [2.75, 3.05) is 6.61 Å². The van der Waals surface area contributed by atoms with Gasteiger partial charge in [-0.1, -0.05) is 50.1 Å². The van der Waals surface area contributed by atoms with Crippen LogP contribution in [0.5, 0.6) is 5.75 Å². The molecule has 0 amide bonds. The van der Waals surface area contributed by atoms with Crippen molar-refractivity contribution in [3.63, 3.8) is 0 Å². The highest BCUT2D eigenvalue weighted by Gasteiger charge is 2.19. The van der Waals surface area contributed by atoms with Crippen LogP contribution in [0, 0.1) is 0 Å². The summed E-state index contributed by atoms with van der Waals surface area (Å²) in [6.07, 6.45) is 1.75. The molecule has 0 bridgehead atoms. The number of halogens is 2. The Balaban J connectivity index is 1.77. The molecular weight excluding hydrogens is 396 g/mol. The quantitative estimate of drug-likeness (QED) is 0.812. The van der Waals surface area contributed by atoms with Crippen molar-refractivity contribution in [3.8, 4) is 5.75 Å². The van der Waals surface area contributed by atoms with Crippen LogP contribution in [0.2, 0.25) is 0 Å². The number of aliphatic hydroxyl groups excluding tert-OH is 1. The Morgan fingerprint density at radius 3 is 2.67 bits per heavy atom. The summed E-state index contributed by atoms with van der Waals surface area (Å²) in [6.45, 7) is 0.735. The van der Waals surface area contributed by atoms with Crippen LogP contribution in [0.1, 0.15) is 16.7 Å². The fourth-order valence-electron chi connectivity index (χ4n) is 2.74. The molecule has 0 aromatic heterocycles. The van der Waals surface area contributed by atoms with Gasteiger partial charge in [0, 0.05) is 21.8 Å². The minimum Gasteiger partial charge on any atom is -0.493 e. The molecule has 1 atom stereocenters. The minimum atomic E-state index is -0.425. The van der Waals surface area contributed by atoms with Crippen molar-refractivity contribution < 1.29 is 9.84 Å². The maximum absolute atomic E-state index is 10.4. The molecule has 2 nitrogen and oxygen atoms in total. The molecule has 4 heteroatoms. The smallest absolute Gasteiger partial charge is 0.125 e. The predicted octanol–water partition coefficient (Wildman–Crippen LogP) is 4.29. The predicted molar refractivity (Wildman–Crippen MR) is 90.9 cm³/mol. The van der Waals surface area contributed by atoms with Gasteiger partial charge < -0.3 is 9.84 Å². The summed E-state index contributed by atoms with van der Waals surface area (Å²) >= 11 is 7.07. The van der Waals surface area contributed by atoms with Crippen molar-refractivity contribution in [3.05, 3.63) is 62.0 Å². The first-order chi connectivity index (χ1) is 10.1. The zero-order valence-electron chi connectivity index (χ0n) is 11.5. The maximum Gasteiger partial charge on any atom is 0.125 e. The second kappa shape index (κ2) is 6.51. The van der Waals surface area contributed by atoms with E-state index in [0.717, 1.165) is 38.8 Å². The number of hydrogen-bond acceptors (Lipinski definition) is 2. The van der Waals surface area contributed by atoms with Crippen LogP contribution in [0.3, 0.4) is 0 Å². The van der Waals surface area contributed by atoms with E-state index in [0.29, 0.717) is 12.8 Å². The van der Waals surface area contributed by atoms with E-state index in [4.69, 9.17) is 4.74 Å². The first-order valence-electron chi connectivity index (χ1n) is 6.99. The lowest BCUT2D eigenvalue weighted by molar-refractivity contribution is 0.174. The van der Waals surface area contributed by atoms with Crippen molar-refractivity contribution in [1.82, 2.24) is 0 Å². The molecule has 2 aromatic carbocycles. The number of fused-ring (bicyclic) bond motifs is 1. The largest absolute Gasteiger partial charge is 0.493 e. The second-order valence-corrected chi connectivity index (χ2v) is 7.08. The van der Waals surface area contributed by atoms with E-state index >= 15 is 0 Å². The molecule has 1 unspecified atom stereocenters. The fourth-order valence-corrected chi connectivity index (χ4v) is 3.74. The Kier molecular flexibility index (Phi) is 4.67. The van der Waals surface area contributed by atoms with Gasteiger partial charge >= 0.3 is 0 Å². The highest BCUT2D eigenvalue weighted by Crippen LogP contribution is 2.34. The summed E-state index contributed by atoms with van der Waals surface area (Å²) in [5.41, 5.74) is 3.43. The van der Waals surface area contributed by atoms with Crippen molar-refractivity contribution >= 4 is 31.9 Å². The molecule has 1 N–H and O–H groups in total. The van der Waals surface area contributed by atoms with Gasteiger partial charge in [-0.05, 0) is 41.3 Å². The van der Waals surface area contributed by atoms with E-state index in [1.807, 2.05) is 30.3 Å². The Bertz CT molecular complexity index is 655. The van der Waals surface area contributed by atoms with E-state index in [-0.39, 0.29) is 0 Å². The van der Waals surface area contributed by atoms with Crippen LogP contribution in [0.15, 0.2) is 45.3 Å². The Hall–Kier alpha value is -0.840. The molecule has 3 rings (SSSR count). The number of rotatable bonds is 4. The molecule has 1 heterocycles. The zero-order valence-corrected chi connectivity index (χ0v) is 14.7. The molecule has 2 aromatic rings. The highest BCUT2D eigenvalue weighted by molar-refractivity contribution is 9.10. The zero-order chi connectivity index (χ0) is 14.8. The van der Waals surface area contributed by atoms with Gasteiger partial charge in [-0.15, -0.1) is 0 Å². The monoisotopic (exact) mass is 410 g/mol. The lowest BCUT2D eigenvalue weighted by Gasteiger charge is -2.15. The molecule has 0 spiro atoms. The van der Waals surface area contributed by atoms with E-state index in [9.17, 15) is 5.11 Å². The fraction of sp³-hybridized carbons (Fsp3) is 0.294. The third-order valence-corrected chi connectivity index (χ3v) is 4.93. The number of aliphatic hydroxyl groups is 1. The van der Waals surface area contributed by atoms with Crippen LogP contribution >= 0.6 is 31.9 Å². The van der Waals surface area contributed by atoms with Crippen LogP contribution in [0.4, 0.5) is 0 Å². The highest BCUT2D eigenvalue weighted by atomic mass is 79.9. The van der Waals surface area contributed by atoms with E-state index in [1.54, 1.807) is 0 Å².